The predicted molar refractivity (Wildman–Crippen MR) is 129 cm³/mol. The zero-order chi connectivity index (χ0) is 23.1. The van der Waals surface area contributed by atoms with Crippen molar-refractivity contribution >= 4 is 23.3 Å². The molecule has 7 nitrogen and oxygen atoms in total. The third kappa shape index (κ3) is 4.22. The molecule has 0 spiro atoms. The van der Waals surface area contributed by atoms with Gasteiger partial charge in [-0.3, -0.25) is 4.79 Å². The highest BCUT2D eigenvalue weighted by Gasteiger charge is 2.39. The van der Waals surface area contributed by atoms with Gasteiger partial charge in [0.05, 0.1) is 17.7 Å². The first-order valence-corrected chi connectivity index (χ1v) is 12.3. The van der Waals surface area contributed by atoms with Crippen LogP contribution in [0, 0.1) is 0 Å². The van der Waals surface area contributed by atoms with Crippen LogP contribution in [0.25, 0.3) is 0 Å². The predicted octanol–water partition coefficient (Wildman–Crippen LogP) is 3.20. The van der Waals surface area contributed by atoms with Crippen molar-refractivity contribution in [3.63, 3.8) is 0 Å². The molecule has 33 heavy (non-hydrogen) atoms. The minimum absolute atomic E-state index is 0.181. The number of likely N-dealkylation sites (N-methyl/N-ethyl adjacent to an activating group) is 1. The van der Waals surface area contributed by atoms with Gasteiger partial charge in [0.15, 0.2) is 0 Å². The maximum atomic E-state index is 13.8. The molecule has 2 unspecified atom stereocenters. The highest BCUT2D eigenvalue weighted by atomic mass is 35.5. The summed E-state index contributed by atoms with van der Waals surface area (Å²) < 4.78 is 0. The summed E-state index contributed by atoms with van der Waals surface area (Å²) in [7, 11) is 2.12. The zero-order valence-electron chi connectivity index (χ0n) is 19.3. The molecular weight excluding hydrogens is 438 g/mol. The van der Waals surface area contributed by atoms with E-state index in [1.54, 1.807) is 6.33 Å². The van der Waals surface area contributed by atoms with E-state index in [1.807, 2.05) is 29.2 Å². The number of hydrogen-bond acceptors (Lipinski definition) is 6. The fraction of sp³-hybridized carbons (Fsp3) is 0.560. The van der Waals surface area contributed by atoms with Gasteiger partial charge in [-0.2, -0.15) is 0 Å². The summed E-state index contributed by atoms with van der Waals surface area (Å²) in [6.07, 6.45) is 3.89. The molecule has 3 heterocycles. The highest BCUT2D eigenvalue weighted by molar-refractivity contribution is 6.30. The number of carbonyl (C=O) groups is 1. The van der Waals surface area contributed by atoms with Crippen molar-refractivity contribution in [2.24, 2.45) is 0 Å². The Hall–Kier alpha value is -2.22. The highest BCUT2D eigenvalue weighted by Crippen LogP contribution is 2.43. The average Bonchev–Trinajstić information content (AvgIpc) is 3.37. The largest absolute Gasteiger partial charge is 0.387 e. The van der Waals surface area contributed by atoms with E-state index in [4.69, 9.17) is 11.6 Å². The molecule has 4 atom stereocenters. The fourth-order valence-corrected chi connectivity index (χ4v) is 5.97. The number of amides is 1. The molecule has 5 rings (SSSR count). The van der Waals surface area contributed by atoms with Gasteiger partial charge in [-0.25, -0.2) is 9.97 Å². The first kappa shape index (κ1) is 22.6. The lowest BCUT2D eigenvalue weighted by Crippen LogP contribution is -2.52. The SMILES string of the molecule is C[C@@H]1C[C@H](O)c2ncnc(N3CCN(C(=O)C(c4ccc(Cl)cc4)C4CCCN4C)CC3)c21. The van der Waals surface area contributed by atoms with Gasteiger partial charge < -0.3 is 19.8 Å². The Morgan fingerprint density at radius 3 is 2.52 bits per heavy atom. The Balaban J connectivity index is 1.34. The van der Waals surface area contributed by atoms with Crippen LogP contribution in [-0.4, -0.2) is 76.6 Å². The Morgan fingerprint density at radius 1 is 1.12 bits per heavy atom. The number of anilines is 1. The van der Waals surface area contributed by atoms with Crippen molar-refractivity contribution in [2.75, 3.05) is 44.7 Å². The number of aromatic nitrogens is 2. The second-order valence-electron chi connectivity index (χ2n) is 9.68. The summed E-state index contributed by atoms with van der Waals surface area (Å²) in [5.74, 6) is 1.17. The van der Waals surface area contributed by atoms with E-state index in [1.165, 1.54) is 0 Å². The molecule has 1 N–H and O–H groups in total. The zero-order valence-corrected chi connectivity index (χ0v) is 20.1. The lowest BCUT2D eigenvalue weighted by molar-refractivity contribution is -0.134. The van der Waals surface area contributed by atoms with Crippen LogP contribution in [0.4, 0.5) is 5.82 Å². The summed E-state index contributed by atoms with van der Waals surface area (Å²) in [5, 5.41) is 11.0. The van der Waals surface area contributed by atoms with E-state index in [-0.39, 0.29) is 23.8 Å². The molecule has 2 saturated heterocycles. The Kier molecular flexibility index (Phi) is 6.29. The number of carbonyl (C=O) groups excluding carboxylic acids is 1. The Labute approximate surface area is 200 Å². The van der Waals surface area contributed by atoms with Crippen LogP contribution in [-0.2, 0) is 4.79 Å². The maximum absolute atomic E-state index is 13.8. The third-order valence-corrected chi connectivity index (χ3v) is 7.88. The minimum atomic E-state index is -0.511. The normalized spacial score (nSPS) is 26.5. The topological polar surface area (TPSA) is 72.8 Å². The molecule has 176 valence electrons. The van der Waals surface area contributed by atoms with E-state index in [9.17, 15) is 9.90 Å². The average molecular weight is 470 g/mol. The van der Waals surface area contributed by atoms with Crippen molar-refractivity contribution in [1.82, 2.24) is 19.8 Å². The number of hydrogen-bond donors (Lipinski definition) is 1. The molecule has 2 aliphatic heterocycles. The number of aliphatic hydroxyl groups excluding tert-OH is 1. The number of piperazine rings is 1. The van der Waals surface area contributed by atoms with E-state index in [0.717, 1.165) is 55.1 Å². The van der Waals surface area contributed by atoms with E-state index >= 15 is 0 Å². The molecule has 2 aromatic rings. The van der Waals surface area contributed by atoms with E-state index in [0.29, 0.717) is 24.5 Å². The van der Waals surface area contributed by atoms with E-state index in [2.05, 4.69) is 33.7 Å². The standard InChI is InChI=1S/C25H32ClN5O2/c1-16-14-20(32)23-21(16)24(28-15-27-23)30-10-12-31(13-11-30)25(33)22(19-4-3-9-29(19)2)17-5-7-18(26)8-6-17/h5-8,15-16,19-20,22,32H,3-4,9-14H2,1-2H3/t16-,19?,20+,22?/m1/s1. The van der Waals surface area contributed by atoms with Gasteiger partial charge in [0.1, 0.15) is 12.1 Å². The number of rotatable bonds is 4. The first-order valence-electron chi connectivity index (χ1n) is 12.0. The second kappa shape index (κ2) is 9.20. The molecule has 0 saturated carbocycles. The number of likely N-dealkylation sites (tertiary alicyclic amines) is 1. The van der Waals surface area contributed by atoms with Crippen LogP contribution in [0.2, 0.25) is 5.02 Å². The molecule has 1 aromatic heterocycles. The fourth-order valence-electron chi connectivity index (χ4n) is 5.85. The number of nitrogens with zero attached hydrogens (tertiary/aromatic N) is 5. The quantitative estimate of drug-likeness (QED) is 0.741. The van der Waals surface area contributed by atoms with Crippen LogP contribution in [0.5, 0.6) is 0 Å². The lowest BCUT2D eigenvalue weighted by Gasteiger charge is -2.39. The summed E-state index contributed by atoms with van der Waals surface area (Å²) in [6, 6.07) is 7.99. The molecular formula is C25H32ClN5O2. The van der Waals surface area contributed by atoms with Crippen LogP contribution in [0.3, 0.4) is 0 Å². The summed E-state index contributed by atoms with van der Waals surface area (Å²) in [6.45, 7) is 5.93. The number of aliphatic hydroxyl groups is 1. The molecule has 1 aromatic carbocycles. The van der Waals surface area contributed by atoms with Crippen molar-refractivity contribution in [1.29, 1.82) is 0 Å². The Morgan fingerprint density at radius 2 is 1.85 bits per heavy atom. The summed E-state index contributed by atoms with van der Waals surface area (Å²) in [5.41, 5.74) is 2.87. The van der Waals surface area contributed by atoms with Gasteiger partial charge in [0.25, 0.3) is 0 Å². The molecule has 1 aliphatic carbocycles. The summed E-state index contributed by atoms with van der Waals surface area (Å²) >= 11 is 6.13. The van der Waals surface area contributed by atoms with Gasteiger partial charge >= 0.3 is 0 Å². The van der Waals surface area contributed by atoms with Crippen molar-refractivity contribution in [3.8, 4) is 0 Å². The third-order valence-electron chi connectivity index (χ3n) is 7.63. The van der Waals surface area contributed by atoms with Gasteiger partial charge in [-0.15, -0.1) is 0 Å². The van der Waals surface area contributed by atoms with Gasteiger partial charge in [-0.1, -0.05) is 30.7 Å². The first-order chi connectivity index (χ1) is 15.9. The monoisotopic (exact) mass is 469 g/mol. The Bertz CT molecular complexity index is 1010. The number of fused-ring (bicyclic) bond motifs is 1. The molecule has 1 amide bonds. The molecule has 3 aliphatic rings. The smallest absolute Gasteiger partial charge is 0.231 e. The van der Waals surface area contributed by atoms with Crippen molar-refractivity contribution in [3.05, 3.63) is 52.4 Å². The molecule has 8 heteroatoms. The number of benzene rings is 1. The molecule has 2 fully saturated rings. The molecule has 0 bridgehead atoms. The molecule has 0 radical (unpaired) electrons. The lowest BCUT2D eigenvalue weighted by atomic mass is 9.88. The van der Waals surface area contributed by atoms with Crippen LogP contribution >= 0.6 is 11.6 Å². The van der Waals surface area contributed by atoms with Crippen LogP contribution in [0.1, 0.15) is 60.9 Å². The van der Waals surface area contributed by atoms with E-state index < -0.39 is 6.10 Å². The van der Waals surface area contributed by atoms with Gasteiger partial charge in [-0.05, 0) is 56.5 Å². The number of halogens is 1. The van der Waals surface area contributed by atoms with Crippen molar-refractivity contribution < 1.29 is 9.90 Å². The maximum Gasteiger partial charge on any atom is 0.231 e. The second-order valence-corrected chi connectivity index (χ2v) is 10.1. The van der Waals surface area contributed by atoms with Gasteiger partial charge in [0.2, 0.25) is 5.91 Å². The summed E-state index contributed by atoms with van der Waals surface area (Å²) in [4.78, 5) is 29.3. The minimum Gasteiger partial charge on any atom is -0.387 e. The van der Waals surface area contributed by atoms with Crippen LogP contribution in [0.15, 0.2) is 30.6 Å². The van der Waals surface area contributed by atoms with Crippen LogP contribution < -0.4 is 4.90 Å². The van der Waals surface area contributed by atoms with Crippen molar-refractivity contribution in [2.45, 2.75) is 50.2 Å². The van der Waals surface area contributed by atoms with Gasteiger partial charge in [0, 0.05) is 42.8 Å².